The highest BCUT2D eigenvalue weighted by molar-refractivity contribution is 7.80. The molecule has 0 aliphatic heterocycles. The zero-order chi connectivity index (χ0) is 20.8. The molecule has 0 spiro atoms. The van der Waals surface area contributed by atoms with Crippen LogP contribution in [0.15, 0.2) is 59.0 Å². The van der Waals surface area contributed by atoms with Crippen LogP contribution >= 0.6 is 23.8 Å². The lowest BCUT2D eigenvalue weighted by atomic mass is 10.1. The highest BCUT2D eigenvalue weighted by atomic mass is 35.5. The molecule has 0 bridgehead atoms. The van der Waals surface area contributed by atoms with Gasteiger partial charge in [0.25, 0.3) is 5.91 Å². The van der Waals surface area contributed by atoms with Crippen LogP contribution in [-0.2, 0) is 6.61 Å². The molecule has 0 radical (unpaired) electrons. The van der Waals surface area contributed by atoms with Crippen molar-refractivity contribution in [2.24, 2.45) is 0 Å². The summed E-state index contributed by atoms with van der Waals surface area (Å²) in [5, 5.41) is 15.3. The van der Waals surface area contributed by atoms with Crippen LogP contribution in [0.1, 0.15) is 23.0 Å². The third kappa shape index (κ3) is 5.35. The van der Waals surface area contributed by atoms with Crippen LogP contribution in [0.25, 0.3) is 11.3 Å². The Bertz CT molecular complexity index is 1040. The summed E-state index contributed by atoms with van der Waals surface area (Å²) in [6.45, 7) is 2.21. The molecular weight excluding hydrogens is 412 g/mol. The molecular formula is C21H19ClN2O4S. The minimum Gasteiger partial charge on any atom is -0.494 e. The molecule has 1 amide bonds. The molecule has 3 aromatic rings. The zero-order valence-corrected chi connectivity index (χ0v) is 17.1. The number of hydrogen-bond donors (Lipinski definition) is 3. The zero-order valence-electron chi connectivity index (χ0n) is 15.6. The number of halogens is 1. The summed E-state index contributed by atoms with van der Waals surface area (Å²) in [4.78, 5) is 12.4. The fraction of sp³-hybridized carbons (Fsp3) is 0.143. The maximum atomic E-state index is 12.4. The number of furan rings is 1. The number of amides is 1. The van der Waals surface area contributed by atoms with E-state index in [1.54, 1.807) is 54.6 Å². The molecule has 0 fully saturated rings. The summed E-state index contributed by atoms with van der Waals surface area (Å²) < 4.78 is 10.9. The number of carbonyl (C=O) groups excluding carboxylic acids is 1. The Kier molecular flexibility index (Phi) is 6.87. The second kappa shape index (κ2) is 9.56. The van der Waals surface area contributed by atoms with Gasteiger partial charge in [-0.05, 0) is 67.7 Å². The Labute approximate surface area is 178 Å². The highest BCUT2D eigenvalue weighted by Crippen LogP contribution is 2.31. The normalized spacial score (nSPS) is 10.4. The molecule has 2 aromatic carbocycles. The summed E-state index contributed by atoms with van der Waals surface area (Å²) in [5.74, 6) is 1.27. The van der Waals surface area contributed by atoms with Gasteiger partial charge in [-0.3, -0.25) is 10.1 Å². The molecule has 8 heteroatoms. The second-order valence-electron chi connectivity index (χ2n) is 5.99. The first-order valence-electron chi connectivity index (χ1n) is 8.85. The van der Waals surface area contributed by atoms with E-state index in [2.05, 4.69) is 10.6 Å². The third-order valence-electron chi connectivity index (χ3n) is 3.94. The lowest BCUT2D eigenvalue weighted by molar-refractivity contribution is 0.0977. The molecule has 0 saturated heterocycles. The Balaban J connectivity index is 1.65. The number of ether oxygens (including phenoxy) is 1. The highest BCUT2D eigenvalue weighted by Gasteiger charge is 2.12. The van der Waals surface area contributed by atoms with Gasteiger partial charge in [-0.15, -0.1) is 0 Å². The van der Waals surface area contributed by atoms with Gasteiger partial charge in [-0.25, -0.2) is 0 Å². The van der Waals surface area contributed by atoms with Crippen molar-refractivity contribution < 1.29 is 19.1 Å². The van der Waals surface area contributed by atoms with E-state index >= 15 is 0 Å². The van der Waals surface area contributed by atoms with Gasteiger partial charge in [0.1, 0.15) is 23.9 Å². The Morgan fingerprint density at radius 3 is 2.72 bits per heavy atom. The minimum absolute atomic E-state index is 0.140. The summed E-state index contributed by atoms with van der Waals surface area (Å²) in [6, 6.07) is 15.5. The molecule has 0 atom stereocenters. The molecule has 1 aromatic heterocycles. The molecule has 150 valence electrons. The minimum atomic E-state index is -0.348. The van der Waals surface area contributed by atoms with Gasteiger partial charge in [-0.2, -0.15) is 0 Å². The van der Waals surface area contributed by atoms with Gasteiger partial charge in [0.2, 0.25) is 0 Å². The van der Waals surface area contributed by atoms with Crippen molar-refractivity contribution in [1.29, 1.82) is 0 Å². The number of carbonyl (C=O) groups is 1. The molecule has 1 heterocycles. The quantitative estimate of drug-likeness (QED) is 0.495. The fourth-order valence-electron chi connectivity index (χ4n) is 2.63. The van der Waals surface area contributed by atoms with Crippen LogP contribution in [0.5, 0.6) is 5.75 Å². The van der Waals surface area contributed by atoms with E-state index in [0.717, 1.165) is 0 Å². The van der Waals surface area contributed by atoms with Crippen LogP contribution in [0.3, 0.4) is 0 Å². The lowest BCUT2D eigenvalue weighted by Gasteiger charge is -2.11. The summed E-state index contributed by atoms with van der Waals surface area (Å²) in [5.41, 5.74) is 1.73. The number of thiocarbonyl (C=S) groups is 1. The van der Waals surface area contributed by atoms with Crippen LogP contribution < -0.4 is 15.4 Å². The maximum Gasteiger partial charge on any atom is 0.257 e. The first-order chi connectivity index (χ1) is 14.0. The average molecular weight is 431 g/mol. The number of nitrogens with one attached hydrogen (secondary N) is 2. The Hall–Kier alpha value is -2.87. The van der Waals surface area contributed by atoms with Gasteiger partial charge in [-0.1, -0.05) is 17.7 Å². The number of hydrogen-bond acceptors (Lipinski definition) is 5. The van der Waals surface area contributed by atoms with E-state index in [4.69, 9.17) is 38.1 Å². The Morgan fingerprint density at radius 1 is 1.21 bits per heavy atom. The molecule has 3 rings (SSSR count). The monoisotopic (exact) mass is 430 g/mol. The number of aliphatic hydroxyl groups excluding tert-OH is 1. The number of anilines is 1. The third-order valence-corrected chi connectivity index (χ3v) is 4.46. The molecule has 0 saturated carbocycles. The van der Waals surface area contributed by atoms with E-state index in [1.807, 2.05) is 6.92 Å². The van der Waals surface area contributed by atoms with Crippen molar-refractivity contribution in [2.75, 3.05) is 11.9 Å². The molecule has 0 aliphatic carbocycles. The number of aliphatic hydroxyl groups is 1. The predicted octanol–water partition coefficient (Wildman–Crippen LogP) is 4.62. The second-order valence-corrected chi connectivity index (χ2v) is 6.80. The van der Waals surface area contributed by atoms with Crippen LogP contribution in [0, 0.1) is 0 Å². The van der Waals surface area contributed by atoms with Crippen molar-refractivity contribution in [1.82, 2.24) is 5.32 Å². The van der Waals surface area contributed by atoms with Crippen molar-refractivity contribution in [3.63, 3.8) is 0 Å². The van der Waals surface area contributed by atoms with Crippen molar-refractivity contribution >= 4 is 40.5 Å². The maximum absolute atomic E-state index is 12.4. The van der Waals surface area contributed by atoms with E-state index in [0.29, 0.717) is 45.7 Å². The topological polar surface area (TPSA) is 83.7 Å². The largest absolute Gasteiger partial charge is 0.494 e. The SMILES string of the molecule is CCOc1cccc(C(=O)NC(=S)Nc2ccc(-c3ccc(CO)o3)c(Cl)c2)c1. The van der Waals surface area contributed by atoms with Gasteiger partial charge < -0.3 is 19.6 Å². The summed E-state index contributed by atoms with van der Waals surface area (Å²) in [6.07, 6.45) is 0. The standard InChI is InChI=1S/C21H19ClN2O4S/c1-2-27-15-5-3-4-13(10-15)20(26)24-21(29)23-14-6-8-17(18(22)11-14)19-9-7-16(12-25)28-19/h3-11,25H,2,12H2,1H3,(H2,23,24,26,29). The molecule has 0 aliphatic rings. The van der Waals surface area contributed by atoms with Crippen molar-refractivity contribution in [2.45, 2.75) is 13.5 Å². The fourth-order valence-corrected chi connectivity index (χ4v) is 3.12. The van der Waals surface area contributed by atoms with Gasteiger partial charge in [0.05, 0.1) is 11.6 Å². The van der Waals surface area contributed by atoms with E-state index in [-0.39, 0.29) is 17.6 Å². The van der Waals surface area contributed by atoms with Gasteiger partial charge in [0, 0.05) is 16.8 Å². The van der Waals surface area contributed by atoms with Crippen LogP contribution in [0.2, 0.25) is 5.02 Å². The van der Waals surface area contributed by atoms with Crippen molar-refractivity contribution in [3.05, 3.63) is 70.9 Å². The van der Waals surface area contributed by atoms with Gasteiger partial charge in [0.15, 0.2) is 5.11 Å². The van der Waals surface area contributed by atoms with Crippen molar-refractivity contribution in [3.8, 4) is 17.1 Å². The Morgan fingerprint density at radius 2 is 2.03 bits per heavy atom. The van der Waals surface area contributed by atoms with E-state index in [1.165, 1.54) is 0 Å². The van der Waals surface area contributed by atoms with Crippen LogP contribution in [-0.4, -0.2) is 22.7 Å². The lowest BCUT2D eigenvalue weighted by Crippen LogP contribution is -2.34. The number of benzene rings is 2. The molecule has 3 N–H and O–H groups in total. The smallest absolute Gasteiger partial charge is 0.257 e. The van der Waals surface area contributed by atoms with Gasteiger partial charge >= 0.3 is 0 Å². The summed E-state index contributed by atoms with van der Waals surface area (Å²) in [7, 11) is 0. The molecule has 6 nitrogen and oxygen atoms in total. The van der Waals surface area contributed by atoms with Crippen LogP contribution in [0.4, 0.5) is 5.69 Å². The van der Waals surface area contributed by atoms with E-state index < -0.39 is 0 Å². The van der Waals surface area contributed by atoms with E-state index in [9.17, 15) is 4.79 Å². The molecule has 0 unspecified atom stereocenters. The molecule has 29 heavy (non-hydrogen) atoms. The predicted molar refractivity (Wildman–Crippen MR) is 116 cm³/mol. The first-order valence-corrected chi connectivity index (χ1v) is 9.63. The first kappa shape index (κ1) is 20.9. The summed E-state index contributed by atoms with van der Waals surface area (Å²) >= 11 is 11.6. The average Bonchev–Trinajstić information content (AvgIpc) is 3.17. The number of rotatable bonds is 6.